The van der Waals surface area contributed by atoms with Gasteiger partial charge in [0.1, 0.15) is 0 Å². The van der Waals surface area contributed by atoms with E-state index < -0.39 is 0 Å². The number of anilines is 1. The molecule has 0 saturated heterocycles. The number of hydrogen-bond acceptors (Lipinski definition) is 1. The molecule has 0 aliphatic rings. The van der Waals surface area contributed by atoms with Crippen LogP contribution in [0.2, 0.25) is 0 Å². The van der Waals surface area contributed by atoms with Crippen molar-refractivity contribution in [3.05, 3.63) is 66.2 Å². The van der Waals surface area contributed by atoms with Crippen molar-refractivity contribution < 1.29 is 0 Å². The molecule has 0 bridgehead atoms. The molecule has 2 heteroatoms. The molecule has 0 radical (unpaired) electrons. The van der Waals surface area contributed by atoms with Crippen molar-refractivity contribution in [2.75, 3.05) is 11.9 Å². The van der Waals surface area contributed by atoms with E-state index in [1.165, 1.54) is 5.56 Å². The fourth-order valence-electron chi connectivity index (χ4n) is 1.54. The molecular formula is C14H14BrN. The highest BCUT2D eigenvalue weighted by molar-refractivity contribution is 9.09. The second-order valence-electron chi connectivity index (χ2n) is 3.63. The number of para-hydroxylation sites is 1. The van der Waals surface area contributed by atoms with Gasteiger partial charge in [0.05, 0.1) is 4.83 Å². The predicted octanol–water partition coefficient (Wildman–Crippen LogP) is 4.23. The van der Waals surface area contributed by atoms with Crippen LogP contribution in [0.1, 0.15) is 10.4 Å². The first-order valence-corrected chi connectivity index (χ1v) is 6.26. The summed E-state index contributed by atoms with van der Waals surface area (Å²) in [6.45, 7) is 0.883. The van der Waals surface area contributed by atoms with Gasteiger partial charge in [0.2, 0.25) is 0 Å². The van der Waals surface area contributed by atoms with Gasteiger partial charge >= 0.3 is 0 Å². The molecule has 0 saturated carbocycles. The molecule has 2 aromatic rings. The molecule has 0 amide bonds. The van der Waals surface area contributed by atoms with E-state index in [-0.39, 0.29) is 0 Å². The molecule has 1 nitrogen and oxygen atoms in total. The molecule has 1 N–H and O–H groups in total. The molecule has 0 heterocycles. The summed E-state index contributed by atoms with van der Waals surface area (Å²) in [6, 6.07) is 20.7. The SMILES string of the molecule is BrC(CNc1ccccc1)c1ccccc1. The number of halogens is 1. The van der Waals surface area contributed by atoms with Crippen molar-refractivity contribution in [2.45, 2.75) is 4.83 Å². The number of benzene rings is 2. The zero-order valence-corrected chi connectivity index (χ0v) is 10.5. The third-order valence-corrected chi connectivity index (χ3v) is 3.27. The molecule has 1 unspecified atom stereocenters. The minimum Gasteiger partial charge on any atom is -0.384 e. The summed E-state index contributed by atoms with van der Waals surface area (Å²) in [5.41, 5.74) is 2.45. The molecule has 2 aromatic carbocycles. The Kier molecular flexibility index (Phi) is 4.00. The Morgan fingerprint density at radius 1 is 0.875 bits per heavy atom. The van der Waals surface area contributed by atoms with E-state index in [9.17, 15) is 0 Å². The minimum atomic E-state index is 0.342. The molecule has 0 aliphatic heterocycles. The Hall–Kier alpha value is -1.28. The van der Waals surface area contributed by atoms with Gasteiger partial charge in [-0.15, -0.1) is 0 Å². The molecule has 1 atom stereocenters. The van der Waals surface area contributed by atoms with E-state index >= 15 is 0 Å². The number of nitrogens with one attached hydrogen (secondary N) is 1. The zero-order chi connectivity index (χ0) is 11.2. The maximum Gasteiger partial charge on any atom is 0.0567 e. The number of hydrogen-bond donors (Lipinski definition) is 1. The molecule has 82 valence electrons. The third-order valence-electron chi connectivity index (χ3n) is 2.42. The second-order valence-corrected chi connectivity index (χ2v) is 4.73. The summed E-state index contributed by atoms with van der Waals surface area (Å²) in [6.07, 6.45) is 0. The van der Waals surface area contributed by atoms with Crippen LogP contribution in [-0.2, 0) is 0 Å². The standard InChI is InChI=1S/C14H14BrN/c15-14(12-7-3-1-4-8-12)11-16-13-9-5-2-6-10-13/h1-10,14,16H,11H2. The molecule has 16 heavy (non-hydrogen) atoms. The molecule has 2 rings (SSSR count). The van der Waals surface area contributed by atoms with Crippen LogP contribution in [0.5, 0.6) is 0 Å². The van der Waals surface area contributed by atoms with Gasteiger partial charge < -0.3 is 5.32 Å². The molecule has 0 aliphatic carbocycles. The van der Waals surface area contributed by atoms with Crippen LogP contribution in [0.4, 0.5) is 5.69 Å². The van der Waals surface area contributed by atoms with Gasteiger partial charge in [-0.2, -0.15) is 0 Å². The van der Waals surface area contributed by atoms with Crippen molar-refractivity contribution in [1.82, 2.24) is 0 Å². The van der Waals surface area contributed by atoms with Crippen LogP contribution in [0, 0.1) is 0 Å². The summed E-state index contributed by atoms with van der Waals surface area (Å²) in [5, 5.41) is 3.40. The first kappa shape index (κ1) is 11.2. The van der Waals surface area contributed by atoms with E-state index in [1.54, 1.807) is 0 Å². The summed E-state index contributed by atoms with van der Waals surface area (Å²) in [5.74, 6) is 0. The van der Waals surface area contributed by atoms with Gasteiger partial charge in [-0.1, -0.05) is 64.5 Å². The fourth-order valence-corrected chi connectivity index (χ4v) is 2.01. The highest BCUT2D eigenvalue weighted by Gasteiger charge is 2.05. The van der Waals surface area contributed by atoms with Crippen molar-refractivity contribution in [3.8, 4) is 0 Å². The quantitative estimate of drug-likeness (QED) is 0.824. The van der Waals surface area contributed by atoms with Gasteiger partial charge in [-0.25, -0.2) is 0 Å². The summed E-state index contributed by atoms with van der Waals surface area (Å²) >= 11 is 3.68. The van der Waals surface area contributed by atoms with Crippen LogP contribution in [-0.4, -0.2) is 6.54 Å². The Morgan fingerprint density at radius 2 is 1.44 bits per heavy atom. The summed E-state index contributed by atoms with van der Waals surface area (Å²) in [7, 11) is 0. The predicted molar refractivity (Wildman–Crippen MR) is 73.0 cm³/mol. The van der Waals surface area contributed by atoms with E-state index in [1.807, 2.05) is 24.3 Å². The zero-order valence-electron chi connectivity index (χ0n) is 8.94. The summed E-state index contributed by atoms with van der Waals surface area (Å²) in [4.78, 5) is 0.342. The minimum absolute atomic E-state index is 0.342. The molecule has 0 spiro atoms. The second kappa shape index (κ2) is 5.71. The first-order chi connectivity index (χ1) is 7.86. The van der Waals surface area contributed by atoms with Crippen molar-refractivity contribution in [2.24, 2.45) is 0 Å². The Labute approximate surface area is 105 Å². The lowest BCUT2D eigenvalue weighted by Gasteiger charge is -2.12. The van der Waals surface area contributed by atoms with Crippen LogP contribution in [0.15, 0.2) is 60.7 Å². The third kappa shape index (κ3) is 3.11. The van der Waals surface area contributed by atoms with E-state index in [0.29, 0.717) is 4.83 Å². The Balaban J connectivity index is 1.92. The first-order valence-electron chi connectivity index (χ1n) is 5.34. The number of alkyl halides is 1. The lowest BCUT2D eigenvalue weighted by molar-refractivity contribution is 1.01. The smallest absolute Gasteiger partial charge is 0.0567 e. The Bertz CT molecular complexity index is 413. The van der Waals surface area contributed by atoms with E-state index in [4.69, 9.17) is 0 Å². The average Bonchev–Trinajstić information content (AvgIpc) is 2.38. The van der Waals surface area contributed by atoms with Gasteiger partial charge in [0.25, 0.3) is 0 Å². The van der Waals surface area contributed by atoms with Crippen LogP contribution in [0.3, 0.4) is 0 Å². The fraction of sp³-hybridized carbons (Fsp3) is 0.143. The average molecular weight is 276 g/mol. The molecular weight excluding hydrogens is 262 g/mol. The van der Waals surface area contributed by atoms with Gasteiger partial charge in [0, 0.05) is 12.2 Å². The highest BCUT2D eigenvalue weighted by Crippen LogP contribution is 2.22. The maximum atomic E-state index is 3.68. The largest absolute Gasteiger partial charge is 0.384 e. The maximum absolute atomic E-state index is 3.68. The topological polar surface area (TPSA) is 12.0 Å². The lowest BCUT2D eigenvalue weighted by Crippen LogP contribution is -2.07. The van der Waals surface area contributed by atoms with Crippen LogP contribution < -0.4 is 5.32 Å². The normalized spacial score (nSPS) is 12.1. The van der Waals surface area contributed by atoms with Gasteiger partial charge in [-0.3, -0.25) is 0 Å². The molecule has 0 fully saturated rings. The van der Waals surface area contributed by atoms with Crippen molar-refractivity contribution >= 4 is 21.6 Å². The van der Waals surface area contributed by atoms with Crippen molar-refractivity contribution in [3.63, 3.8) is 0 Å². The van der Waals surface area contributed by atoms with Crippen molar-refractivity contribution in [1.29, 1.82) is 0 Å². The van der Waals surface area contributed by atoms with Gasteiger partial charge in [-0.05, 0) is 17.7 Å². The lowest BCUT2D eigenvalue weighted by atomic mass is 10.1. The van der Waals surface area contributed by atoms with Crippen LogP contribution in [0.25, 0.3) is 0 Å². The van der Waals surface area contributed by atoms with E-state index in [2.05, 4.69) is 57.6 Å². The van der Waals surface area contributed by atoms with Gasteiger partial charge in [0.15, 0.2) is 0 Å². The molecule has 0 aromatic heterocycles. The Morgan fingerprint density at radius 3 is 2.06 bits per heavy atom. The summed E-state index contributed by atoms with van der Waals surface area (Å²) < 4.78 is 0. The number of rotatable bonds is 4. The highest BCUT2D eigenvalue weighted by atomic mass is 79.9. The van der Waals surface area contributed by atoms with E-state index in [0.717, 1.165) is 12.2 Å². The van der Waals surface area contributed by atoms with Crippen LogP contribution >= 0.6 is 15.9 Å². The monoisotopic (exact) mass is 275 g/mol.